The molecule has 0 aliphatic rings. The van der Waals surface area contributed by atoms with Crippen LogP contribution in [0.3, 0.4) is 0 Å². The van der Waals surface area contributed by atoms with Gasteiger partial charge in [-0.2, -0.15) is 0 Å². The lowest BCUT2D eigenvalue weighted by Crippen LogP contribution is -2.35. The Bertz CT molecular complexity index is 313. The molecular weight excluding hydrogens is 174 g/mol. The molecule has 0 unspecified atom stereocenters. The highest BCUT2D eigenvalue weighted by Gasteiger charge is 2.10. The van der Waals surface area contributed by atoms with Crippen LogP contribution in [-0.2, 0) is 6.54 Å². The van der Waals surface area contributed by atoms with E-state index in [2.05, 4.69) is 26.1 Å². The molecule has 0 spiro atoms. The summed E-state index contributed by atoms with van der Waals surface area (Å²) in [5, 5.41) is 13.1. The third-order valence-electron chi connectivity index (χ3n) is 2.13. The molecule has 0 bridgehead atoms. The zero-order valence-electron chi connectivity index (χ0n) is 9.39. The number of phenols is 1. The molecule has 0 aliphatic carbocycles. The molecule has 1 rings (SSSR count). The molecule has 0 amide bonds. The number of rotatable bonds is 2. The summed E-state index contributed by atoms with van der Waals surface area (Å²) >= 11 is 0. The van der Waals surface area contributed by atoms with Crippen molar-refractivity contribution in [3.63, 3.8) is 0 Å². The van der Waals surface area contributed by atoms with Crippen LogP contribution in [0.1, 0.15) is 31.9 Å². The Labute approximate surface area is 86.0 Å². The molecule has 2 nitrogen and oxygen atoms in total. The van der Waals surface area contributed by atoms with E-state index >= 15 is 0 Å². The van der Waals surface area contributed by atoms with Gasteiger partial charge < -0.3 is 10.4 Å². The van der Waals surface area contributed by atoms with Crippen molar-refractivity contribution in [2.45, 2.75) is 39.8 Å². The maximum Gasteiger partial charge on any atom is 0.122 e. The molecule has 14 heavy (non-hydrogen) atoms. The van der Waals surface area contributed by atoms with E-state index in [1.165, 1.54) is 0 Å². The third kappa shape index (κ3) is 3.04. The number of nitrogens with one attached hydrogen (secondary N) is 1. The Morgan fingerprint density at radius 2 is 1.93 bits per heavy atom. The number of hydrogen-bond acceptors (Lipinski definition) is 2. The molecule has 0 aliphatic heterocycles. The van der Waals surface area contributed by atoms with Gasteiger partial charge in [-0.15, -0.1) is 0 Å². The first kappa shape index (κ1) is 11.1. The lowest BCUT2D eigenvalue weighted by atomic mass is 10.1. The van der Waals surface area contributed by atoms with Crippen LogP contribution in [0, 0.1) is 6.92 Å². The molecule has 2 N–H and O–H groups in total. The topological polar surface area (TPSA) is 32.3 Å². The van der Waals surface area contributed by atoms with E-state index in [1.54, 1.807) is 0 Å². The summed E-state index contributed by atoms with van der Waals surface area (Å²) in [4.78, 5) is 0. The van der Waals surface area contributed by atoms with E-state index < -0.39 is 0 Å². The lowest BCUT2D eigenvalue weighted by Gasteiger charge is -2.21. The summed E-state index contributed by atoms with van der Waals surface area (Å²) in [5.41, 5.74) is 1.97. The minimum Gasteiger partial charge on any atom is -0.507 e. The SMILES string of the molecule is Cc1cccc(CNC(C)(C)C)c1O. The maximum absolute atomic E-state index is 9.75. The van der Waals surface area contributed by atoms with E-state index in [0.29, 0.717) is 12.3 Å². The average molecular weight is 193 g/mol. The Morgan fingerprint density at radius 1 is 1.29 bits per heavy atom. The van der Waals surface area contributed by atoms with Crippen molar-refractivity contribution in [3.8, 4) is 5.75 Å². The Kier molecular flexibility index (Phi) is 3.17. The first-order valence-electron chi connectivity index (χ1n) is 4.92. The van der Waals surface area contributed by atoms with Crippen LogP contribution in [0.2, 0.25) is 0 Å². The minimum atomic E-state index is 0.0795. The van der Waals surface area contributed by atoms with Gasteiger partial charge in [-0.3, -0.25) is 0 Å². The zero-order chi connectivity index (χ0) is 10.8. The van der Waals surface area contributed by atoms with Gasteiger partial charge in [0.15, 0.2) is 0 Å². The molecule has 78 valence electrons. The van der Waals surface area contributed by atoms with Gasteiger partial charge in [-0.1, -0.05) is 18.2 Å². The molecule has 0 heterocycles. The normalized spacial score (nSPS) is 11.7. The van der Waals surface area contributed by atoms with Gasteiger partial charge in [-0.05, 0) is 33.3 Å². The number of benzene rings is 1. The maximum atomic E-state index is 9.75. The van der Waals surface area contributed by atoms with Crippen LogP contribution in [0.15, 0.2) is 18.2 Å². The van der Waals surface area contributed by atoms with Gasteiger partial charge in [0.25, 0.3) is 0 Å². The number of phenolic OH excluding ortho intramolecular Hbond substituents is 1. The molecule has 0 aromatic heterocycles. The van der Waals surface area contributed by atoms with Crippen molar-refractivity contribution in [3.05, 3.63) is 29.3 Å². The minimum absolute atomic E-state index is 0.0795. The standard InChI is InChI=1S/C12H19NO/c1-9-6-5-7-10(11(9)14)8-13-12(2,3)4/h5-7,13-14H,8H2,1-4H3. The van der Waals surface area contributed by atoms with Gasteiger partial charge in [0, 0.05) is 17.6 Å². The highest BCUT2D eigenvalue weighted by atomic mass is 16.3. The number of para-hydroxylation sites is 1. The summed E-state index contributed by atoms with van der Waals surface area (Å²) < 4.78 is 0. The fourth-order valence-electron chi connectivity index (χ4n) is 1.22. The van der Waals surface area contributed by atoms with Gasteiger partial charge in [0.1, 0.15) is 5.75 Å². The van der Waals surface area contributed by atoms with Crippen molar-refractivity contribution >= 4 is 0 Å². The monoisotopic (exact) mass is 193 g/mol. The van der Waals surface area contributed by atoms with E-state index in [1.807, 2.05) is 25.1 Å². The molecule has 2 heteroatoms. The van der Waals surface area contributed by atoms with Gasteiger partial charge in [-0.25, -0.2) is 0 Å². The molecular formula is C12H19NO. The van der Waals surface area contributed by atoms with Gasteiger partial charge in [0.2, 0.25) is 0 Å². The summed E-state index contributed by atoms with van der Waals surface area (Å²) in [6.45, 7) is 8.95. The summed E-state index contributed by atoms with van der Waals surface area (Å²) in [5.74, 6) is 0.407. The van der Waals surface area contributed by atoms with E-state index in [4.69, 9.17) is 0 Å². The largest absolute Gasteiger partial charge is 0.507 e. The molecule has 0 saturated carbocycles. The highest BCUT2D eigenvalue weighted by Crippen LogP contribution is 2.21. The number of aromatic hydroxyl groups is 1. The summed E-state index contributed by atoms with van der Waals surface area (Å²) in [6.07, 6.45) is 0. The summed E-state index contributed by atoms with van der Waals surface area (Å²) in [6, 6.07) is 5.83. The Balaban J connectivity index is 2.73. The summed E-state index contributed by atoms with van der Waals surface area (Å²) in [7, 11) is 0. The van der Waals surface area contributed by atoms with Gasteiger partial charge in [0.05, 0.1) is 0 Å². The van der Waals surface area contributed by atoms with E-state index in [9.17, 15) is 5.11 Å². The molecule has 0 radical (unpaired) electrons. The number of hydrogen-bond donors (Lipinski definition) is 2. The van der Waals surface area contributed by atoms with Crippen molar-refractivity contribution in [2.24, 2.45) is 0 Å². The average Bonchev–Trinajstić information content (AvgIpc) is 2.06. The van der Waals surface area contributed by atoms with Crippen molar-refractivity contribution in [2.75, 3.05) is 0 Å². The first-order valence-corrected chi connectivity index (χ1v) is 4.92. The predicted molar refractivity (Wildman–Crippen MR) is 59.4 cm³/mol. The van der Waals surface area contributed by atoms with Crippen LogP contribution in [0.4, 0.5) is 0 Å². The quantitative estimate of drug-likeness (QED) is 0.756. The molecule has 0 saturated heterocycles. The van der Waals surface area contributed by atoms with Gasteiger partial charge >= 0.3 is 0 Å². The Hall–Kier alpha value is -1.02. The van der Waals surface area contributed by atoms with Crippen molar-refractivity contribution in [1.29, 1.82) is 0 Å². The highest BCUT2D eigenvalue weighted by molar-refractivity contribution is 5.39. The van der Waals surface area contributed by atoms with Crippen LogP contribution in [0.5, 0.6) is 5.75 Å². The predicted octanol–water partition coefficient (Wildman–Crippen LogP) is 2.59. The van der Waals surface area contributed by atoms with Crippen LogP contribution >= 0.6 is 0 Å². The second-order valence-corrected chi connectivity index (χ2v) is 4.69. The Morgan fingerprint density at radius 3 is 2.50 bits per heavy atom. The first-order chi connectivity index (χ1) is 6.40. The second kappa shape index (κ2) is 4.01. The zero-order valence-corrected chi connectivity index (χ0v) is 9.39. The fraction of sp³-hybridized carbons (Fsp3) is 0.500. The lowest BCUT2D eigenvalue weighted by molar-refractivity contribution is 0.411. The molecule has 0 atom stereocenters. The van der Waals surface area contributed by atoms with E-state index in [0.717, 1.165) is 11.1 Å². The fourth-order valence-corrected chi connectivity index (χ4v) is 1.22. The van der Waals surface area contributed by atoms with Crippen LogP contribution < -0.4 is 5.32 Å². The van der Waals surface area contributed by atoms with Crippen LogP contribution in [0.25, 0.3) is 0 Å². The van der Waals surface area contributed by atoms with Crippen molar-refractivity contribution < 1.29 is 5.11 Å². The van der Waals surface area contributed by atoms with E-state index in [-0.39, 0.29) is 5.54 Å². The van der Waals surface area contributed by atoms with Crippen molar-refractivity contribution in [1.82, 2.24) is 5.32 Å². The molecule has 1 aromatic rings. The molecule has 1 aromatic carbocycles. The second-order valence-electron chi connectivity index (χ2n) is 4.69. The molecule has 0 fully saturated rings. The number of aryl methyl sites for hydroxylation is 1. The van der Waals surface area contributed by atoms with Crippen LogP contribution in [-0.4, -0.2) is 10.6 Å². The third-order valence-corrected chi connectivity index (χ3v) is 2.13. The smallest absolute Gasteiger partial charge is 0.122 e.